The number of aromatic nitrogens is 2. The van der Waals surface area contributed by atoms with Crippen LogP contribution in [0.25, 0.3) is 10.2 Å². The molecule has 0 saturated carbocycles. The molecule has 9 heteroatoms. The van der Waals surface area contributed by atoms with Crippen LogP contribution >= 0.6 is 11.3 Å². The summed E-state index contributed by atoms with van der Waals surface area (Å²) in [6.07, 6.45) is 1.22. The Balaban J connectivity index is 1.53. The Labute approximate surface area is 215 Å². The number of hydrogen-bond acceptors (Lipinski definition) is 8. The first-order chi connectivity index (χ1) is 17.4. The Kier molecular flexibility index (Phi) is 8.14. The van der Waals surface area contributed by atoms with Crippen molar-refractivity contribution < 1.29 is 9.53 Å². The first-order valence-electron chi connectivity index (χ1n) is 11.7. The molecule has 2 aromatic heterocycles. The van der Waals surface area contributed by atoms with E-state index in [0.29, 0.717) is 23.3 Å². The molecule has 0 unspecified atom stereocenters. The van der Waals surface area contributed by atoms with Crippen molar-refractivity contribution in [1.82, 2.24) is 14.9 Å². The topological polar surface area (TPSA) is 82.6 Å². The van der Waals surface area contributed by atoms with Crippen LogP contribution in [-0.2, 0) is 4.79 Å². The van der Waals surface area contributed by atoms with Gasteiger partial charge in [-0.2, -0.15) is 4.98 Å². The number of nitrogens with one attached hydrogen (secondary N) is 2. The quantitative estimate of drug-likeness (QED) is 0.253. The van der Waals surface area contributed by atoms with Crippen LogP contribution in [0.1, 0.15) is 6.92 Å². The molecule has 36 heavy (non-hydrogen) atoms. The summed E-state index contributed by atoms with van der Waals surface area (Å²) >= 11 is 1.51. The van der Waals surface area contributed by atoms with Crippen LogP contribution in [0.4, 0.5) is 23.0 Å². The highest BCUT2D eigenvalue weighted by atomic mass is 32.1. The number of ether oxygens (including phenoxy) is 1. The van der Waals surface area contributed by atoms with Gasteiger partial charge >= 0.3 is 0 Å². The largest absolute Gasteiger partial charge is 0.437 e. The molecule has 4 aromatic rings. The lowest BCUT2D eigenvalue weighted by atomic mass is 10.2. The summed E-state index contributed by atoms with van der Waals surface area (Å²) in [6.45, 7) is 8.55. The average molecular weight is 503 g/mol. The Morgan fingerprint density at radius 2 is 1.89 bits per heavy atom. The minimum absolute atomic E-state index is 0.285. The Bertz CT molecular complexity index is 1340. The number of thiophene rings is 1. The molecule has 0 spiro atoms. The highest BCUT2D eigenvalue weighted by Crippen LogP contribution is 2.34. The van der Waals surface area contributed by atoms with E-state index in [9.17, 15) is 4.79 Å². The lowest BCUT2D eigenvalue weighted by Gasteiger charge is -2.25. The molecule has 186 valence electrons. The number of hydrogen-bond donors (Lipinski definition) is 2. The molecular weight excluding hydrogens is 472 g/mol. The lowest BCUT2D eigenvalue weighted by Crippen LogP contribution is -2.31. The summed E-state index contributed by atoms with van der Waals surface area (Å²) in [5, 5.41) is 7.99. The van der Waals surface area contributed by atoms with Crippen molar-refractivity contribution in [2.45, 2.75) is 6.92 Å². The minimum atomic E-state index is -0.285. The SMILES string of the molecule is C=CC(=O)Nc1cccc(Oc2nc(Nc3ccc(N(CC)CCN(C)C)cc3)nc3ccsc23)c1. The van der Waals surface area contributed by atoms with Crippen molar-refractivity contribution >= 4 is 50.5 Å². The van der Waals surface area contributed by atoms with Gasteiger partial charge in [0, 0.05) is 42.8 Å². The number of carbonyl (C=O) groups is 1. The smallest absolute Gasteiger partial charge is 0.247 e. The molecule has 2 aromatic carbocycles. The molecule has 0 bridgehead atoms. The molecule has 2 N–H and O–H groups in total. The highest BCUT2D eigenvalue weighted by Gasteiger charge is 2.13. The summed E-state index contributed by atoms with van der Waals surface area (Å²) in [6, 6.07) is 17.3. The molecule has 1 amide bonds. The second-order valence-corrected chi connectivity index (χ2v) is 9.28. The first kappa shape index (κ1) is 25.2. The van der Waals surface area contributed by atoms with Crippen LogP contribution < -0.4 is 20.3 Å². The van der Waals surface area contributed by atoms with Crippen LogP contribution in [0.15, 0.2) is 72.6 Å². The molecular formula is C27H30N6O2S. The van der Waals surface area contributed by atoms with Crippen LogP contribution in [0.3, 0.4) is 0 Å². The van der Waals surface area contributed by atoms with E-state index in [1.807, 2.05) is 29.6 Å². The average Bonchev–Trinajstić information content (AvgIpc) is 3.34. The Hall–Kier alpha value is -3.95. The van der Waals surface area contributed by atoms with Gasteiger partial charge in [0.1, 0.15) is 10.4 Å². The van der Waals surface area contributed by atoms with E-state index in [4.69, 9.17) is 4.74 Å². The van der Waals surface area contributed by atoms with Gasteiger partial charge in [0.05, 0.1) is 5.52 Å². The van der Waals surface area contributed by atoms with Crippen molar-refractivity contribution in [3.8, 4) is 11.6 Å². The fourth-order valence-electron chi connectivity index (χ4n) is 3.58. The van der Waals surface area contributed by atoms with Crippen molar-refractivity contribution in [3.05, 3.63) is 72.6 Å². The monoisotopic (exact) mass is 502 g/mol. The minimum Gasteiger partial charge on any atom is -0.437 e. The zero-order valence-corrected chi connectivity index (χ0v) is 21.5. The van der Waals surface area contributed by atoms with Crippen LogP contribution in [-0.4, -0.2) is 54.5 Å². The third-order valence-electron chi connectivity index (χ3n) is 5.46. The van der Waals surface area contributed by atoms with E-state index < -0.39 is 0 Å². The van der Waals surface area contributed by atoms with Gasteiger partial charge in [-0.15, -0.1) is 11.3 Å². The van der Waals surface area contributed by atoms with Crippen molar-refractivity contribution in [2.24, 2.45) is 0 Å². The van der Waals surface area contributed by atoms with Crippen LogP contribution in [0, 0.1) is 0 Å². The van der Waals surface area contributed by atoms with E-state index in [2.05, 4.69) is 70.1 Å². The van der Waals surface area contributed by atoms with Crippen molar-refractivity contribution in [1.29, 1.82) is 0 Å². The predicted molar refractivity (Wildman–Crippen MR) is 149 cm³/mol. The third-order valence-corrected chi connectivity index (χ3v) is 6.35. The molecule has 8 nitrogen and oxygen atoms in total. The maximum atomic E-state index is 11.6. The van der Waals surface area contributed by atoms with E-state index in [-0.39, 0.29) is 5.91 Å². The highest BCUT2D eigenvalue weighted by molar-refractivity contribution is 7.17. The zero-order valence-electron chi connectivity index (χ0n) is 20.7. The van der Waals surface area contributed by atoms with Crippen molar-refractivity contribution in [2.75, 3.05) is 49.3 Å². The van der Waals surface area contributed by atoms with Gasteiger partial charge in [-0.05, 0) is 74.9 Å². The Morgan fingerprint density at radius 3 is 2.61 bits per heavy atom. The molecule has 0 fully saturated rings. The second-order valence-electron chi connectivity index (χ2n) is 8.37. The van der Waals surface area contributed by atoms with Gasteiger partial charge in [0.15, 0.2) is 0 Å². The lowest BCUT2D eigenvalue weighted by molar-refractivity contribution is -0.111. The van der Waals surface area contributed by atoms with Crippen LogP contribution in [0.5, 0.6) is 11.6 Å². The first-order valence-corrected chi connectivity index (χ1v) is 12.6. The predicted octanol–water partition coefficient (Wildman–Crippen LogP) is 5.74. The van der Waals surface area contributed by atoms with Gasteiger partial charge in [0.2, 0.25) is 17.7 Å². The number of anilines is 4. The van der Waals surface area contributed by atoms with E-state index in [1.165, 1.54) is 23.1 Å². The molecule has 4 rings (SSSR count). The normalized spacial score (nSPS) is 10.9. The summed E-state index contributed by atoms with van der Waals surface area (Å²) in [5.74, 6) is 1.16. The molecule has 0 aliphatic carbocycles. The number of nitrogens with zero attached hydrogens (tertiary/aromatic N) is 4. The van der Waals surface area contributed by atoms with Gasteiger partial charge in [-0.1, -0.05) is 12.6 Å². The number of rotatable bonds is 11. The maximum Gasteiger partial charge on any atom is 0.247 e. The van der Waals surface area contributed by atoms with Gasteiger partial charge in [0.25, 0.3) is 0 Å². The van der Waals surface area contributed by atoms with Gasteiger partial charge in [-0.25, -0.2) is 4.98 Å². The molecule has 0 radical (unpaired) electrons. The summed E-state index contributed by atoms with van der Waals surface area (Å²) < 4.78 is 6.97. The number of carbonyl (C=O) groups excluding carboxylic acids is 1. The van der Waals surface area contributed by atoms with Crippen LogP contribution in [0.2, 0.25) is 0 Å². The molecule has 0 atom stereocenters. The summed E-state index contributed by atoms with van der Waals surface area (Å²) in [7, 11) is 4.17. The fourth-order valence-corrected chi connectivity index (χ4v) is 4.33. The Morgan fingerprint density at radius 1 is 1.08 bits per heavy atom. The molecule has 2 heterocycles. The summed E-state index contributed by atoms with van der Waals surface area (Å²) in [5.41, 5.74) is 3.46. The second kappa shape index (κ2) is 11.7. The van der Waals surface area contributed by atoms with E-state index in [1.54, 1.807) is 18.2 Å². The number of fused-ring (bicyclic) bond motifs is 1. The molecule has 0 aliphatic heterocycles. The zero-order chi connectivity index (χ0) is 25.5. The van der Waals surface area contributed by atoms with Gasteiger partial charge < -0.3 is 25.2 Å². The molecule has 0 aliphatic rings. The standard InChI is InChI=1S/C27H30N6O2S/c1-5-24(34)28-20-8-7-9-22(18-20)35-26-25-23(14-17-36-25)30-27(31-26)29-19-10-12-21(13-11-19)33(6-2)16-15-32(3)4/h5,7-14,17-18H,1,6,15-16H2,2-4H3,(H,28,34)(H,29,30,31). The molecule has 0 saturated heterocycles. The summed E-state index contributed by atoms with van der Waals surface area (Å²) in [4.78, 5) is 25.5. The van der Waals surface area contributed by atoms with Crippen molar-refractivity contribution in [3.63, 3.8) is 0 Å². The third kappa shape index (κ3) is 6.38. The fraction of sp³-hybridized carbons (Fsp3) is 0.222. The van der Waals surface area contributed by atoms with Gasteiger partial charge in [-0.3, -0.25) is 4.79 Å². The van der Waals surface area contributed by atoms with E-state index >= 15 is 0 Å². The van der Waals surface area contributed by atoms with E-state index in [0.717, 1.165) is 35.5 Å². The number of likely N-dealkylation sites (N-methyl/N-ethyl adjacent to an activating group) is 2. The maximum absolute atomic E-state index is 11.6. The number of benzene rings is 2. The number of amides is 1.